The van der Waals surface area contributed by atoms with Gasteiger partial charge in [0.2, 0.25) is 5.91 Å². The predicted molar refractivity (Wildman–Crippen MR) is 54.2 cm³/mol. The van der Waals surface area contributed by atoms with Gasteiger partial charge in [-0.25, -0.2) is 0 Å². The molecule has 2 saturated carbocycles. The Morgan fingerprint density at radius 2 is 1.80 bits per heavy atom. The van der Waals surface area contributed by atoms with Gasteiger partial charge >= 0.3 is 5.97 Å². The van der Waals surface area contributed by atoms with Gasteiger partial charge < -0.3 is 10.4 Å². The fourth-order valence-electron chi connectivity index (χ4n) is 2.27. The zero-order valence-electron chi connectivity index (χ0n) is 8.90. The highest BCUT2D eigenvalue weighted by atomic mass is 16.4. The van der Waals surface area contributed by atoms with Crippen LogP contribution in [0.15, 0.2) is 0 Å². The highest BCUT2D eigenvalue weighted by molar-refractivity contribution is 5.81. The lowest BCUT2D eigenvalue weighted by Crippen LogP contribution is -2.32. The van der Waals surface area contributed by atoms with Crippen molar-refractivity contribution in [3.8, 4) is 0 Å². The van der Waals surface area contributed by atoms with Crippen molar-refractivity contribution in [2.24, 2.45) is 17.8 Å². The van der Waals surface area contributed by atoms with Crippen molar-refractivity contribution in [3.05, 3.63) is 0 Å². The van der Waals surface area contributed by atoms with Gasteiger partial charge in [0, 0.05) is 12.0 Å². The smallest absolute Gasteiger partial charge is 0.306 e. The third-order valence-electron chi connectivity index (χ3n) is 3.59. The van der Waals surface area contributed by atoms with E-state index in [0.717, 1.165) is 12.8 Å². The molecular formula is C11H17NO3. The lowest BCUT2D eigenvalue weighted by atomic mass is 10.0. The van der Waals surface area contributed by atoms with Gasteiger partial charge in [0.1, 0.15) is 0 Å². The van der Waals surface area contributed by atoms with Crippen LogP contribution in [0, 0.1) is 17.8 Å². The number of carbonyl (C=O) groups is 2. The number of amides is 1. The molecule has 0 heterocycles. The minimum atomic E-state index is -0.759. The molecule has 4 heteroatoms. The van der Waals surface area contributed by atoms with Gasteiger partial charge in [-0.15, -0.1) is 0 Å². The summed E-state index contributed by atoms with van der Waals surface area (Å²) in [5.74, 6) is -0.472. The van der Waals surface area contributed by atoms with Crippen LogP contribution in [0.25, 0.3) is 0 Å². The summed E-state index contributed by atoms with van der Waals surface area (Å²) in [6, 6.07) is 0.348. The molecule has 0 saturated heterocycles. The van der Waals surface area contributed by atoms with Crippen LogP contribution in [0.2, 0.25) is 0 Å². The van der Waals surface area contributed by atoms with Crippen molar-refractivity contribution in [1.82, 2.24) is 5.32 Å². The molecule has 0 radical (unpaired) electrons. The first-order chi connectivity index (χ1) is 7.08. The molecule has 4 atom stereocenters. The number of hydrogen-bond donors (Lipinski definition) is 2. The molecule has 0 aromatic carbocycles. The minimum Gasteiger partial charge on any atom is -0.481 e. The van der Waals surface area contributed by atoms with Crippen LogP contribution >= 0.6 is 0 Å². The first-order valence-electron chi connectivity index (χ1n) is 5.61. The van der Waals surface area contributed by atoms with Gasteiger partial charge in [-0.2, -0.15) is 0 Å². The first kappa shape index (κ1) is 10.5. The summed E-state index contributed by atoms with van der Waals surface area (Å²) in [7, 11) is 0. The van der Waals surface area contributed by atoms with Gasteiger partial charge in [-0.3, -0.25) is 9.59 Å². The number of aliphatic carboxylic acids is 1. The monoisotopic (exact) mass is 211 g/mol. The summed E-state index contributed by atoms with van der Waals surface area (Å²) in [6.07, 6.45) is 2.96. The molecule has 0 spiro atoms. The Bertz CT molecular complexity index is 290. The molecule has 0 aliphatic heterocycles. The Balaban J connectivity index is 1.80. The van der Waals surface area contributed by atoms with Crippen molar-refractivity contribution in [2.45, 2.75) is 38.6 Å². The van der Waals surface area contributed by atoms with Crippen molar-refractivity contribution in [3.63, 3.8) is 0 Å². The number of nitrogens with one attached hydrogen (secondary N) is 1. The lowest BCUT2D eigenvalue weighted by molar-refractivity contribution is -0.141. The molecule has 2 aliphatic carbocycles. The summed E-state index contributed by atoms with van der Waals surface area (Å²) in [5, 5.41) is 11.8. The molecule has 0 aromatic heterocycles. The largest absolute Gasteiger partial charge is 0.481 e. The Morgan fingerprint density at radius 3 is 2.27 bits per heavy atom. The van der Waals surface area contributed by atoms with Gasteiger partial charge in [-0.1, -0.05) is 6.92 Å². The van der Waals surface area contributed by atoms with E-state index in [9.17, 15) is 9.59 Å². The average Bonchev–Trinajstić information content (AvgIpc) is 2.71. The number of hydrogen-bond acceptors (Lipinski definition) is 2. The predicted octanol–water partition coefficient (Wildman–Crippen LogP) is 1.01. The van der Waals surface area contributed by atoms with Crippen molar-refractivity contribution >= 4 is 11.9 Å². The van der Waals surface area contributed by atoms with Gasteiger partial charge in [-0.05, 0) is 31.6 Å². The molecule has 1 amide bonds. The molecule has 0 bridgehead atoms. The van der Waals surface area contributed by atoms with E-state index in [-0.39, 0.29) is 17.7 Å². The highest BCUT2D eigenvalue weighted by Gasteiger charge is 2.38. The number of carboxylic acid groups (broad SMARTS) is 1. The Morgan fingerprint density at radius 1 is 1.20 bits per heavy atom. The van der Waals surface area contributed by atoms with E-state index in [2.05, 4.69) is 12.2 Å². The van der Waals surface area contributed by atoms with E-state index >= 15 is 0 Å². The standard InChI is InChI=1S/C11H17NO3/c1-6-4-9(6)12-10(13)7-2-3-8(5-7)11(14)15/h6-9H,2-5H2,1H3,(H,12,13)(H,14,15)/t6?,7-,8+,9?/m1/s1. The van der Waals surface area contributed by atoms with Crippen LogP contribution < -0.4 is 5.32 Å². The maximum absolute atomic E-state index is 11.7. The Kier molecular flexibility index (Phi) is 2.67. The van der Waals surface area contributed by atoms with Crippen LogP contribution in [0.4, 0.5) is 0 Å². The summed E-state index contributed by atoms with van der Waals surface area (Å²) >= 11 is 0. The summed E-state index contributed by atoms with van der Waals surface area (Å²) in [6.45, 7) is 2.11. The molecule has 4 nitrogen and oxygen atoms in total. The molecular weight excluding hydrogens is 194 g/mol. The van der Waals surface area contributed by atoms with Crippen molar-refractivity contribution in [2.75, 3.05) is 0 Å². The van der Waals surface area contributed by atoms with E-state index in [1.165, 1.54) is 0 Å². The molecule has 2 aliphatic rings. The zero-order chi connectivity index (χ0) is 11.0. The van der Waals surface area contributed by atoms with E-state index in [4.69, 9.17) is 5.11 Å². The molecule has 2 rings (SSSR count). The third kappa shape index (κ3) is 2.30. The Labute approximate surface area is 89.0 Å². The van der Waals surface area contributed by atoms with Gasteiger partial charge in [0.05, 0.1) is 5.92 Å². The molecule has 84 valence electrons. The maximum Gasteiger partial charge on any atom is 0.306 e. The molecule has 15 heavy (non-hydrogen) atoms. The quantitative estimate of drug-likeness (QED) is 0.732. The van der Waals surface area contributed by atoms with E-state index in [1.807, 2.05) is 0 Å². The Hall–Kier alpha value is -1.06. The first-order valence-corrected chi connectivity index (χ1v) is 5.61. The summed E-state index contributed by atoms with van der Waals surface area (Å²) < 4.78 is 0. The topological polar surface area (TPSA) is 66.4 Å². The fourth-order valence-corrected chi connectivity index (χ4v) is 2.27. The van der Waals surface area contributed by atoms with Gasteiger partial charge in [0.25, 0.3) is 0 Å². The average molecular weight is 211 g/mol. The number of rotatable bonds is 3. The maximum atomic E-state index is 11.7. The number of carbonyl (C=O) groups excluding carboxylic acids is 1. The second kappa shape index (κ2) is 3.83. The van der Waals surface area contributed by atoms with Crippen LogP contribution in [0.3, 0.4) is 0 Å². The van der Waals surface area contributed by atoms with E-state index in [1.54, 1.807) is 0 Å². The fraction of sp³-hybridized carbons (Fsp3) is 0.818. The normalized spacial score (nSPS) is 38.7. The van der Waals surface area contributed by atoms with Crippen LogP contribution in [0.1, 0.15) is 32.6 Å². The second-order valence-corrected chi connectivity index (χ2v) is 4.87. The minimum absolute atomic E-state index is 0.0631. The molecule has 2 unspecified atom stereocenters. The van der Waals surface area contributed by atoms with Crippen LogP contribution in [-0.2, 0) is 9.59 Å². The third-order valence-corrected chi connectivity index (χ3v) is 3.59. The van der Waals surface area contributed by atoms with E-state index in [0.29, 0.717) is 24.8 Å². The lowest BCUT2D eigenvalue weighted by Gasteiger charge is -2.09. The second-order valence-electron chi connectivity index (χ2n) is 4.87. The van der Waals surface area contributed by atoms with Crippen molar-refractivity contribution < 1.29 is 14.7 Å². The molecule has 2 N–H and O–H groups in total. The SMILES string of the molecule is CC1CC1NC(=O)[C@@H]1CC[C@H](C(=O)O)C1. The zero-order valence-corrected chi connectivity index (χ0v) is 8.90. The summed E-state index contributed by atoms with van der Waals surface area (Å²) in [4.78, 5) is 22.4. The van der Waals surface area contributed by atoms with E-state index < -0.39 is 5.97 Å². The molecule has 2 fully saturated rings. The van der Waals surface area contributed by atoms with Crippen molar-refractivity contribution in [1.29, 1.82) is 0 Å². The summed E-state index contributed by atoms with van der Waals surface area (Å²) in [5.41, 5.74) is 0. The number of carboxylic acids is 1. The highest BCUT2D eigenvalue weighted by Crippen LogP contribution is 2.33. The van der Waals surface area contributed by atoms with Crippen LogP contribution in [0.5, 0.6) is 0 Å². The van der Waals surface area contributed by atoms with Gasteiger partial charge in [0.15, 0.2) is 0 Å². The van der Waals surface area contributed by atoms with Crippen LogP contribution in [-0.4, -0.2) is 23.0 Å². The molecule has 0 aromatic rings.